The van der Waals surface area contributed by atoms with Gasteiger partial charge in [0.05, 0.1) is 5.69 Å². The molecule has 22 heavy (non-hydrogen) atoms. The number of thioether (sulfide) groups is 1. The van der Waals surface area contributed by atoms with Crippen LogP contribution in [-0.2, 0) is 11.3 Å². The third-order valence-corrected chi connectivity index (χ3v) is 4.94. The van der Waals surface area contributed by atoms with Gasteiger partial charge in [0, 0.05) is 24.1 Å². The summed E-state index contributed by atoms with van der Waals surface area (Å²) in [6, 6.07) is 13.7. The monoisotopic (exact) mass is 314 g/mol. The molecule has 1 amide bonds. The summed E-state index contributed by atoms with van der Waals surface area (Å²) >= 11 is 1.61. The molecule has 1 aromatic heterocycles. The molecule has 5 heteroatoms. The Labute approximate surface area is 134 Å². The van der Waals surface area contributed by atoms with Crippen molar-refractivity contribution in [1.29, 1.82) is 0 Å². The second kappa shape index (κ2) is 6.50. The van der Waals surface area contributed by atoms with Gasteiger partial charge in [-0.15, -0.1) is 0 Å². The lowest BCUT2D eigenvalue weighted by atomic mass is 10.0. The van der Waals surface area contributed by atoms with Crippen molar-refractivity contribution in [1.82, 2.24) is 10.3 Å². The summed E-state index contributed by atoms with van der Waals surface area (Å²) in [4.78, 5) is 16.4. The number of aliphatic hydroxyl groups is 1. The number of carbonyl (C=O) groups excluding carboxylic acids is 1. The van der Waals surface area contributed by atoms with Gasteiger partial charge in [0.15, 0.2) is 5.60 Å². The van der Waals surface area contributed by atoms with Crippen molar-refractivity contribution in [2.75, 3.05) is 11.5 Å². The van der Waals surface area contributed by atoms with Crippen LogP contribution in [0, 0.1) is 0 Å². The summed E-state index contributed by atoms with van der Waals surface area (Å²) < 4.78 is 0. The lowest BCUT2D eigenvalue weighted by Gasteiger charge is -2.20. The van der Waals surface area contributed by atoms with Gasteiger partial charge < -0.3 is 10.4 Å². The zero-order valence-corrected chi connectivity index (χ0v) is 13.0. The number of nitrogens with zero attached hydrogens (tertiary/aromatic N) is 1. The highest BCUT2D eigenvalue weighted by Crippen LogP contribution is 2.28. The van der Waals surface area contributed by atoms with Gasteiger partial charge in [0.2, 0.25) is 0 Å². The predicted molar refractivity (Wildman–Crippen MR) is 88.4 cm³/mol. The van der Waals surface area contributed by atoms with E-state index in [4.69, 9.17) is 0 Å². The van der Waals surface area contributed by atoms with Crippen molar-refractivity contribution in [3.05, 3.63) is 54.2 Å². The minimum atomic E-state index is -1.21. The zero-order chi connectivity index (χ0) is 15.4. The van der Waals surface area contributed by atoms with Gasteiger partial charge in [-0.3, -0.25) is 9.78 Å². The van der Waals surface area contributed by atoms with Crippen LogP contribution in [-0.4, -0.2) is 33.1 Å². The molecule has 1 saturated heterocycles. The first-order valence-corrected chi connectivity index (χ1v) is 8.42. The van der Waals surface area contributed by atoms with Gasteiger partial charge in [-0.05, 0) is 35.9 Å². The molecule has 2 heterocycles. The molecule has 1 unspecified atom stereocenters. The maximum atomic E-state index is 12.1. The number of nitrogens with one attached hydrogen (secondary N) is 1. The van der Waals surface area contributed by atoms with Crippen molar-refractivity contribution in [2.24, 2.45) is 0 Å². The summed E-state index contributed by atoms with van der Waals surface area (Å²) in [5.74, 6) is 1.03. The molecule has 2 N–H and O–H groups in total. The van der Waals surface area contributed by atoms with Crippen molar-refractivity contribution in [3.63, 3.8) is 0 Å². The molecule has 0 spiro atoms. The van der Waals surface area contributed by atoms with Crippen LogP contribution in [0.25, 0.3) is 11.3 Å². The Balaban J connectivity index is 1.67. The molecule has 0 saturated carbocycles. The topological polar surface area (TPSA) is 62.2 Å². The van der Waals surface area contributed by atoms with E-state index in [9.17, 15) is 9.90 Å². The minimum absolute atomic E-state index is 0.277. The van der Waals surface area contributed by atoms with E-state index in [1.165, 1.54) is 0 Å². The van der Waals surface area contributed by atoms with E-state index in [0.29, 0.717) is 18.7 Å². The summed E-state index contributed by atoms with van der Waals surface area (Å²) in [5.41, 5.74) is 1.71. The van der Waals surface area contributed by atoms with Crippen LogP contribution in [0.2, 0.25) is 0 Å². The Morgan fingerprint density at radius 3 is 2.95 bits per heavy atom. The number of amides is 1. The van der Waals surface area contributed by atoms with Gasteiger partial charge in [0.25, 0.3) is 5.91 Å². The number of aromatic nitrogens is 1. The maximum Gasteiger partial charge on any atom is 0.253 e. The first-order chi connectivity index (χ1) is 10.7. The normalized spacial score (nSPS) is 20.8. The Kier molecular flexibility index (Phi) is 4.45. The molecule has 1 atom stereocenters. The van der Waals surface area contributed by atoms with Crippen molar-refractivity contribution in [3.8, 4) is 11.3 Å². The Morgan fingerprint density at radius 2 is 2.23 bits per heavy atom. The first kappa shape index (κ1) is 15.1. The second-order valence-electron chi connectivity index (χ2n) is 5.43. The maximum absolute atomic E-state index is 12.1. The molecule has 1 aliphatic heterocycles. The van der Waals surface area contributed by atoms with E-state index < -0.39 is 5.60 Å². The van der Waals surface area contributed by atoms with Crippen LogP contribution in [0.3, 0.4) is 0 Å². The standard InChI is InChI=1S/C17H18N2O2S/c20-16(17(21)7-9-22-12-17)19-11-13-4-3-5-14(10-13)15-6-1-2-8-18-15/h1-6,8,10,21H,7,9,11-12H2,(H,19,20). The molecule has 1 aromatic carbocycles. The summed E-state index contributed by atoms with van der Waals surface area (Å²) in [7, 11) is 0. The van der Waals surface area contributed by atoms with Crippen LogP contribution in [0.1, 0.15) is 12.0 Å². The molecular weight excluding hydrogens is 296 g/mol. The molecule has 4 nitrogen and oxygen atoms in total. The average molecular weight is 314 g/mol. The number of carbonyl (C=O) groups is 1. The number of hydrogen-bond acceptors (Lipinski definition) is 4. The third-order valence-electron chi connectivity index (χ3n) is 3.76. The SMILES string of the molecule is O=C(NCc1cccc(-c2ccccn2)c1)C1(O)CCSC1. The van der Waals surface area contributed by atoms with Crippen LogP contribution in [0.15, 0.2) is 48.7 Å². The summed E-state index contributed by atoms with van der Waals surface area (Å²) in [5, 5.41) is 13.1. The van der Waals surface area contributed by atoms with Crippen molar-refractivity contribution in [2.45, 2.75) is 18.6 Å². The van der Waals surface area contributed by atoms with Gasteiger partial charge in [-0.25, -0.2) is 0 Å². The van der Waals surface area contributed by atoms with E-state index in [2.05, 4.69) is 10.3 Å². The smallest absolute Gasteiger partial charge is 0.253 e. The molecule has 2 aromatic rings. The molecule has 0 aliphatic carbocycles. The molecule has 114 valence electrons. The van der Waals surface area contributed by atoms with Gasteiger partial charge in [-0.2, -0.15) is 11.8 Å². The number of rotatable bonds is 4. The molecule has 1 aliphatic rings. The Morgan fingerprint density at radius 1 is 1.32 bits per heavy atom. The quantitative estimate of drug-likeness (QED) is 0.908. The third kappa shape index (κ3) is 3.31. The van der Waals surface area contributed by atoms with Gasteiger partial charge >= 0.3 is 0 Å². The van der Waals surface area contributed by atoms with E-state index >= 15 is 0 Å². The lowest BCUT2D eigenvalue weighted by Crippen LogP contribution is -2.46. The summed E-state index contributed by atoms with van der Waals surface area (Å²) in [6.07, 6.45) is 2.29. The minimum Gasteiger partial charge on any atom is -0.379 e. The van der Waals surface area contributed by atoms with Crippen molar-refractivity contribution >= 4 is 17.7 Å². The fourth-order valence-corrected chi connectivity index (χ4v) is 3.69. The zero-order valence-electron chi connectivity index (χ0n) is 12.2. The fourth-order valence-electron chi connectivity index (χ4n) is 2.45. The van der Waals surface area contributed by atoms with Gasteiger partial charge in [-0.1, -0.05) is 24.3 Å². The molecule has 0 bridgehead atoms. The first-order valence-electron chi connectivity index (χ1n) is 7.26. The second-order valence-corrected chi connectivity index (χ2v) is 6.54. The average Bonchev–Trinajstić information content (AvgIpc) is 3.02. The fraction of sp³-hybridized carbons (Fsp3) is 0.294. The van der Waals surface area contributed by atoms with Crippen LogP contribution < -0.4 is 5.32 Å². The number of pyridine rings is 1. The summed E-state index contributed by atoms with van der Waals surface area (Å²) in [6.45, 7) is 0.409. The van der Waals surface area contributed by atoms with E-state index in [1.54, 1.807) is 18.0 Å². The Hall–Kier alpha value is -1.85. The van der Waals surface area contributed by atoms with Gasteiger partial charge in [0.1, 0.15) is 0 Å². The Bertz CT molecular complexity index is 655. The van der Waals surface area contributed by atoms with E-state index in [0.717, 1.165) is 22.6 Å². The number of hydrogen-bond donors (Lipinski definition) is 2. The number of benzene rings is 1. The predicted octanol–water partition coefficient (Wildman–Crippen LogP) is 2.23. The highest BCUT2D eigenvalue weighted by Gasteiger charge is 2.39. The largest absolute Gasteiger partial charge is 0.379 e. The molecule has 1 fully saturated rings. The highest BCUT2D eigenvalue weighted by atomic mass is 32.2. The molecule has 3 rings (SSSR count). The van der Waals surface area contributed by atoms with Crippen LogP contribution >= 0.6 is 11.8 Å². The van der Waals surface area contributed by atoms with E-state index in [1.807, 2.05) is 42.5 Å². The molecular formula is C17H18N2O2S. The molecule has 0 radical (unpaired) electrons. The van der Waals surface area contributed by atoms with Crippen LogP contribution in [0.4, 0.5) is 0 Å². The van der Waals surface area contributed by atoms with Crippen LogP contribution in [0.5, 0.6) is 0 Å². The highest BCUT2D eigenvalue weighted by molar-refractivity contribution is 7.99. The lowest BCUT2D eigenvalue weighted by molar-refractivity contribution is -0.137. The van der Waals surface area contributed by atoms with E-state index in [-0.39, 0.29) is 5.91 Å². The van der Waals surface area contributed by atoms with Crippen molar-refractivity contribution < 1.29 is 9.90 Å².